The first-order valence-corrected chi connectivity index (χ1v) is 8.23. The number of benzene rings is 1. The Morgan fingerprint density at radius 3 is 2.33 bits per heavy atom. The summed E-state index contributed by atoms with van der Waals surface area (Å²) in [5.41, 5.74) is 0. The van der Waals surface area contributed by atoms with Crippen LogP contribution in [0.2, 0.25) is 0 Å². The monoisotopic (exact) mass is 371 g/mol. The number of halogens is 4. The minimum absolute atomic E-state index is 0.0154. The average Bonchev–Trinajstić information content (AvgIpc) is 2.45. The van der Waals surface area contributed by atoms with Gasteiger partial charge in [0.1, 0.15) is 5.82 Å². The summed E-state index contributed by atoms with van der Waals surface area (Å²) in [5, 5.41) is 8.89. The second-order valence-corrected chi connectivity index (χ2v) is 7.01. The van der Waals surface area contributed by atoms with E-state index in [0.29, 0.717) is 12.1 Å². The Kier molecular flexibility index (Phi) is 5.04. The van der Waals surface area contributed by atoms with Crippen LogP contribution in [0, 0.1) is 11.7 Å². The first-order valence-electron chi connectivity index (χ1n) is 6.79. The molecule has 134 valence electrons. The lowest BCUT2D eigenvalue weighted by molar-refractivity contribution is -0.275. The Morgan fingerprint density at radius 2 is 1.83 bits per heavy atom. The molecule has 11 heteroatoms. The van der Waals surface area contributed by atoms with E-state index in [1.807, 2.05) is 0 Å². The zero-order chi connectivity index (χ0) is 18.1. The number of aliphatic carboxylic acids is 1. The number of nitrogens with zero attached hydrogens (tertiary/aromatic N) is 1. The van der Waals surface area contributed by atoms with Crippen molar-refractivity contribution in [3.63, 3.8) is 0 Å². The van der Waals surface area contributed by atoms with Gasteiger partial charge in [-0.25, -0.2) is 12.8 Å². The van der Waals surface area contributed by atoms with Gasteiger partial charge in [0.05, 0.1) is 5.92 Å². The molecule has 1 N–H and O–H groups in total. The van der Waals surface area contributed by atoms with Crippen LogP contribution in [0.1, 0.15) is 12.8 Å². The average molecular weight is 371 g/mol. The van der Waals surface area contributed by atoms with E-state index in [0.717, 1.165) is 10.4 Å². The fraction of sp³-hybridized carbons (Fsp3) is 0.462. The van der Waals surface area contributed by atoms with Crippen LogP contribution in [-0.4, -0.2) is 43.3 Å². The lowest BCUT2D eigenvalue weighted by Crippen LogP contribution is -2.40. The Bertz CT molecular complexity index is 726. The number of alkyl halides is 3. The predicted octanol–water partition coefficient (Wildman–Crippen LogP) is 2.21. The number of carboxylic acids is 1. The fourth-order valence-corrected chi connectivity index (χ4v) is 4.04. The van der Waals surface area contributed by atoms with Crippen molar-refractivity contribution in [1.29, 1.82) is 0 Å². The molecule has 1 heterocycles. The molecule has 1 saturated heterocycles. The van der Waals surface area contributed by atoms with E-state index < -0.39 is 44.7 Å². The molecule has 0 radical (unpaired) electrons. The smallest absolute Gasteiger partial charge is 0.481 e. The second-order valence-electron chi connectivity index (χ2n) is 5.13. The van der Waals surface area contributed by atoms with Crippen molar-refractivity contribution >= 4 is 16.0 Å². The number of rotatable bonds is 4. The summed E-state index contributed by atoms with van der Waals surface area (Å²) in [4.78, 5) is 9.66. The van der Waals surface area contributed by atoms with Gasteiger partial charge in [-0.15, -0.1) is 13.2 Å². The van der Waals surface area contributed by atoms with Crippen LogP contribution >= 0.6 is 0 Å². The van der Waals surface area contributed by atoms with Gasteiger partial charge >= 0.3 is 12.3 Å². The number of carbonyl (C=O) groups is 1. The van der Waals surface area contributed by atoms with E-state index >= 15 is 0 Å². The molecule has 6 nitrogen and oxygen atoms in total. The maximum Gasteiger partial charge on any atom is 0.573 e. The minimum atomic E-state index is -5.19. The molecule has 0 aromatic heterocycles. The lowest BCUT2D eigenvalue weighted by Gasteiger charge is -2.29. The van der Waals surface area contributed by atoms with Crippen LogP contribution in [0.4, 0.5) is 17.6 Å². The molecule has 0 saturated carbocycles. The maximum absolute atomic E-state index is 13.9. The van der Waals surface area contributed by atoms with Crippen molar-refractivity contribution < 1.29 is 40.6 Å². The van der Waals surface area contributed by atoms with Gasteiger partial charge in [0.2, 0.25) is 10.0 Å². The minimum Gasteiger partial charge on any atom is -0.481 e. The zero-order valence-electron chi connectivity index (χ0n) is 12.1. The van der Waals surface area contributed by atoms with E-state index in [2.05, 4.69) is 4.74 Å². The highest BCUT2D eigenvalue weighted by atomic mass is 32.2. The van der Waals surface area contributed by atoms with Gasteiger partial charge in [-0.3, -0.25) is 4.79 Å². The van der Waals surface area contributed by atoms with E-state index in [-0.39, 0.29) is 25.9 Å². The molecule has 1 aliphatic rings. The highest BCUT2D eigenvalue weighted by molar-refractivity contribution is 7.89. The van der Waals surface area contributed by atoms with E-state index in [1.165, 1.54) is 0 Å². The van der Waals surface area contributed by atoms with Crippen LogP contribution in [0.15, 0.2) is 23.1 Å². The Hall–Kier alpha value is -1.88. The molecular weight excluding hydrogens is 358 g/mol. The van der Waals surface area contributed by atoms with Crippen LogP contribution in [0.5, 0.6) is 5.75 Å². The third-order valence-electron chi connectivity index (χ3n) is 3.56. The molecule has 2 rings (SSSR count). The van der Waals surface area contributed by atoms with Gasteiger partial charge in [-0.05, 0) is 25.0 Å². The number of sulfonamides is 1. The quantitative estimate of drug-likeness (QED) is 0.821. The molecule has 0 bridgehead atoms. The van der Waals surface area contributed by atoms with Crippen molar-refractivity contribution in [1.82, 2.24) is 4.31 Å². The van der Waals surface area contributed by atoms with Gasteiger partial charge in [0.15, 0.2) is 10.6 Å². The van der Waals surface area contributed by atoms with Crippen molar-refractivity contribution in [3.8, 4) is 5.75 Å². The molecule has 0 spiro atoms. The normalized spacial score (nSPS) is 17.7. The Morgan fingerprint density at radius 1 is 1.25 bits per heavy atom. The second kappa shape index (κ2) is 6.55. The fourth-order valence-electron chi connectivity index (χ4n) is 2.42. The van der Waals surface area contributed by atoms with Crippen molar-refractivity contribution in [3.05, 3.63) is 24.0 Å². The molecule has 24 heavy (non-hydrogen) atoms. The number of hydrogen-bond donors (Lipinski definition) is 1. The van der Waals surface area contributed by atoms with Gasteiger partial charge in [-0.1, -0.05) is 6.07 Å². The first kappa shape index (κ1) is 18.5. The number of piperidine rings is 1. The molecule has 0 atom stereocenters. The van der Waals surface area contributed by atoms with Gasteiger partial charge in [0, 0.05) is 13.1 Å². The van der Waals surface area contributed by atoms with Gasteiger partial charge in [0.25, 0.3) is 0 Å². The summed E-state index contributed by atoms with van der Waals surface area (Å²) >= 11 is 0. The third kappa shape index (κ3) is 3.96. The van der Waals surface area contributed by atoms with Crippen LogP contribution in [0.3, 0.4) is 0 Å². The summed E-state index contributed by atoms with van der Waals surface area (Å²) in [6, 6.07) is 2.31. The Balaban J connectivity index is 2.35. The maximum atomic E-state index is 13.9. The molecule has 1 aliphatic heterocycles. The highest BCUT2D eigenvalue weighted by Gasteiger charge is 2.39. The van der Waals surface area contributed by atoms with E-state index in [9.17, 15) is 30.8 Å². The molecule has 1 aromatic carbocycles. The number of hydrogen-bond acceptors (Lipinski definition) is 4. The summed E-state index contributed by atoms with van der Waals surface area (Å²) in [6.07, 6.45) is -5.22. The molecule has 0 aliphatic carbocycles. The van der Waals surface area contributed by atoms with Crippen molar-refractivity contribution in [2.45, 2.75) is 24.1 Å². The Labute approximate surface area is 134 Å². The standard InChI is InChI=1S/C13H13F4NO5S/c14-9-2-1-3-10(23-13(15,16)17)11(9)24(21,22)18-6-4-8(5-7-18)12(19)20/h1-3,8H,4-7H2,(H,19,20). The van der Waals surface area contributed by atoms with E-state index in [1.54, 1.807) is 0 Å². The summed E-state index contributed by atoms with van der Waals surface area (Å²) < 4.78 is 80.5. The SMILES string of the molecule is O=C(O)C1CCN(S(=O)(=O)c2c(F)cccc2OC(F)(F)F)CC1. The highest BCUT2D eigenvalue weighted by Crippen LogP contribution is 2.34. The molecule has 1 fully saturated rings. The van der Waals surface area contributed by atoms with Gasteiger partial charge in [-0.2, -0.15) is 4.31 Å². The number of ether oxygens (including phenoxy) is 1. The zero-order valence-corrected chi connectivity index (χ0v) is 12.9. The number of carboxylic acid groups (broad SMARTS) is 1. The third-order valence-corrected chi connectivity index (χ3v) is 5.51. The topological polar surface area (TPSA) is 83.9 Å². The lowest BCUT2D eigenvalue weighted by atomic mass is 9.99. The van der Waals surface area contributed by atoms with E-state index in [4.69, 9.17) is 5.11 Å². The molecule has 0 amide bonds. The van der Waals surface area contributed by atoms with Crippen molar-refractivity contribution in [2.75, 3.05) is 13.1 Å². The van der Waals surface area contributed by atoms with Crippen molar-refractivity contribution in [2.24, 2.45) is 5.92 Å². The summed E-state index contributed by atoms with van der Waals surface area (Å²) in [7, 11) is -4.60. The molecular formula is C13H13F4NO5S. The summed E-state index contributed by atoms with van der Waals surface area (Å²) in [6.45, 7) is -0.474. The summed E-state index contributed by atoms with van der Waals surface area (Å²) in [5.74, 6) is -4.37. The van der Waals surface area contributed by atoms with Gasteiger partial charge < -0.3 is 9.84 Å². The van der Waals surface area contributed by atoms with Crippen LogP contribution in [0.25, 0.3) is 0 Å². The first-order chi connectivity index (χ1) is 11.0. The molecule has 0 unspecified atom stereocenters. The van der Waals surface area contributed by atoms with Crippen LogP contribution < -0.4 is 4.74 Å². The largest absolute Gasteiger partial charge is 0.573 e. The predicted molar refractivity (Wildman–Crippen MR) is 72.2 cm³/mol. The molecule has 1 aromatic rings. The van der Waals surface area contributed by atoms with Crippen LogP contribution in [-0.2, 0) is 14.8 Å².